The number of morpholine rings is 1. The summed E-state index contributed by atoms with van der Waals surface area (Å²) in [4.78, 5) is 16.5. The zero-order valence-electron chi connectivity index (χ0n) is 18.0. The van der Waals surface area contributed by atoms with Gasteiger partial charge in [-0.2, -0.15) is 0 Å². The molecule has 28 heavy (non-hydrogen) atoms. The minimum Gasteiger partial charge on any atom is -0.448 e. The Labute approximate surface area is 169 Å². The van der Waals surface area contributed by atoms with Crippen LogP contribution < -0.4 is 5.32 Å². The molecule has 0 aromatic heterocycles. The van der Waals surface area contributed by atoms with Gasteiger partial charge in [-0.1, -0.05) is 19.1 Å². The van der Waals surface area contributed by atoms with Gasteiger partial charge in [0.15, 0.2) is 0 Å². The summed E-state index contributed by atoms with van der Waals surface area (Å²) < 4.78 is 23.6. The van der Waals surface area contributed by atoms with Gasteiger partial charge in [-0.05, 0) is 39.7 Å². The van der Waals surface area contributed by atoms with Crippen LogP contribution in [0.5, 0.6) is 0 Å². The van der Waals surface area contributed by atoms with Crippen LogP contribution in [0.2, 0.25) is 0 Å². The number of hydrogen-bond acceptors (Lipinski definition) is 5. The van der Waals surface area contributed by atoms with Gasteiger partial charge in [0, 0.05) is 38.3 Å². The van der Waals surface area contributed by atoms with E-state index in [1.165, 1.54) is 6.92 Å². The van der Waals surface area contributed by atoms with Gasteiger partial charge in [0.1, 0.15) is 6.61 Å². The van der Waals surface area contributed by atoms with E-state index in [9.17, 15) is 9.18 Å². The summed E-state index contributed by atoms with van der Waals surface area (Å²) in [6.45, 7) is 17.2. The van der Waals surface area contributed by atoms with Gasteiger partial charge in [-0.15, -0.1) is 6.58 Å². The molecule has 162 valence electrons. The van der Waals surface area contributed by atoms with E-state index >= 15 is 0 Å². The van der Waals surface area contributed by atoms with Crippen molar-refractivity contribution in [2.45, 2.75) is 46.2 Å². The highest BCUT2D eigenvalue weighted by Gasteiger charge is 2.18. The Balaban J connectivity index is 2.35. The molecule has 0 saturated carbocycles. The summed E-state index contributed by atoms with van der Waals surface area (Å²) in [5.41, 5.74) is 0. The first-order valence-corrected chi connectivity index (χ1v) is 10.3. The molecule has 1 aliphatic rings. The van der Waals surface area contributed by atoms with E-state index in [0.29, 0.717) is 13.2 Å². The molecule has 0 aromatic rings. The standard InChI is InChI=1S/C21H38FN3O3/c1-6-20(5)25(8-7-17(2)15-18(3)22)16-19(4)23-21(26)28-14-11-24-9-12-27-13-10-24/h6,15,17,19-20H,1,7-14,16H2,2-5H3,(H,23,26)/b18-15+/t17?,19-,20?/m0/s1. The highest BCUT2D eigenvalue weighted by atomic mass is 19.1. The zero-order valence-corrected chi connectivity index (χ0v) is 18.0. The van der Waals surface area contributed by atoms with Crippen LogP contribution in [0, 0.1) is 5.92 Å². The van der Waals surface area contributed by atoms with Crippen molar-refractivity contribution in [3.05, 3.63) is 24.6 Å². The first-order chi connectivity index (χ1) is 13.3. The van der Waals surface area contributed by atoms with Gasteiger partial charge in [-0.3, -0.25) is 9.80 Å². The van der Waals surface area contributed by atoms with Crippen molar-refractivity contribution in [1.29, 1.82) is 0 Å². The Morgan fingerprint density at radius 1 is 1.36 bits per heavy atom. The Hall–Kier alpha value is -1.44. The highest BCUT2D eigenvalue weighted by molar-refractivity contribution is 5.67. The molecule has 0 bridgehead atoms. The van der Waals surface area contributed by atoms with E-state index in [0.717, 1.165) is 45.8 Å². The third kappa shape index (κ3) is 10.8. The Morgan fingerprint density at radius 3 is 2.64 bits per heavy atom. The maximum absolute atomic E-state index is 13.0. The van der Waals surface area contributed by atoms with E-state index < -0.39 is 6.09 Å². The summed E-state index contributed by atoms with van der Waals surface area (Å²) >= 11 is 0. The third-order valence-electron chi connectivity index (χ3n) is 4.92. The van der Waals surface area contributed by atoms with Crippen molar-refractivity contribution in [3.8, 4) is 0 Å². The second-order valence-corrected chi connectivity index (χ2v) is 7.63. The van der Waals surface area contributed by atoms with E-state index in [1.54, 1.807) is 6.08 Å². The summed E-state index contributed by atoms with van der Waals surface area (Å²) in [5.74, 6) is 0.0172. The summed E-state index contributed by atoms with van der Waals surface area (Å²) in [6, 6.07) is 0.108. The van der Waals surface area contributed by atoms with Gasteiger partial charge >= 0.3 is 6.09 Å². The number of rotatable bonds is 12. The first kappa shape index (κ1) is 24.6. The molecule has 1 saturated heterocycles. The largest absolute Gasteiger partial charge is 0.448 e. The maximum atomic E-state index is 13.0. The van der Waals surface area contributed by atoms with Crippen LogP contribution in [-0.4, -0.2) is 80.5 Å². The summed E-state index contributed by atoms with van der Waals surface area (Å²) in [5, 5.41) is 2.89. The normalized spacial score (nSPS) is 19.1. The Bertz CT molecular complexity index is 491. The second-order valence-electron chi connectivity index (χ2n) is 7.63. The number of ether oxygens (including phenoxy) is 2. The van der Waals surface area contributed by atoms with Crippen LogP contribution >= 0.6 is 0 Å². The fourth-order valence-electron chi connectivity index (χ4n) is 3.19. The predicted octanol–water partition coefficient (Wildman–Crippen LogP) is 3.21. The van der Waals surface area contributed by atoms with Crippen molar-refractivity contribution < 1.29 is 18.7 Å². The summed E-state index contributed by atoms with van der Waals surface area (Å²) in [7, 11) is 0. The molecule has 1 aliphatic heterocycles. The van der Waals surface area contributed by atoms with Gasteiger partial charge < -0.3 is 14.8 Å². The number of amides is 1. The first-order valence-electron chi connectivity index (χ1n) is 10.3. The fraction of sp³-hybridized carbons (Fsp3) is 0.762. The Kier molecular flexibility index (Phi) is 12.0. The van der Waals surface area contributed by atoms with Crippen molar-refractivity contribution in [2.24, 2.45) is 5.92 Å². The van der Waals surface area contributed by atoms with Gasteiger partial charge in [0.25, 0.3) is 0 Å². The maximum Gasteiger partial charge on any atom is 0.407 e. The smallest absolute Gasteiger partial charge is 0.407 e. The SMILES string of the molecule is C=CC(C)N(CCC(C)/C=C(\C)F)C[C@H](C)NC(=O)OCCN1CCOCC1. The number of alkyl carbamates (subject to hydrolysis) is 1. The monoisotopic (exact) mass is 399 g/mol. The molecule has 6 nitrogen and oxygen atoms in total. The van der Waals surface area contributed by atoms with Crippen molar-refractivity contribution >= 4 is 6.09 Å². The minimum absolute atomic E-state index is 0.0629. The number of nitrogens with one attached hydrogen (secondary N) is 1. The molecule has 1 N–H and O–H groups in total. The lowest BCUT2D eigenvalue weighted by atomic mass is 10.1. The zero-order chi connectivity index (χ0) is 20.9. The molecule has 0 aliphatic carbocycles. The molecule has 1 rings (SSSR count). The molecule has 0 aromatic carbocycles. The number of nitrogens with zero attached hydrogens (tertiary/aromatic N) is 2. The predicted molar refractivity (Wildman–Crippen MR) is 111 cm³/mol. The quantitative estimate of drug-likeness (QED) is 0.511. The van der Waals surface area contributed by atoms with Crippen LogP contribution in [0.4, 0.5) is 9.18 Å². The lowest BCUT2D eigenvalue weighted by Gasteiger charge is -2.30. The van der Waals surface area contributed by atoms with Crippen molar-refractivity contribution in [1.82, 2.24) is 15.1 Å². The average molecular weight is 400 g/mol. The highest BCUT2D eigenvalue weighted by Crippen LogP contribution is 2.12. The lowest BCUT2D eigenvalue weighted by Crippen LogP contribution is -2.46. The number of carbonyl (C=O) groups is 1. The number of carbonyl (C=O) groups excluding carboxylic acids is 1. The minimum atomic E-state index is -0.392. The molecule has 3 atom stereocenters. The van der Waals surface area contributed by atoms with Crippen molar-refractivity contribution in [2.75, 3.05) is 52.5 Å². The number of halogens is 1. The van der Waals surface area contributed by atoms with E-state index in [-0.39, 0.29) is 23.8 Å². The lowest BCUT2D eigenvalue weighted by molar-refractivity contribution is 0.0278. The van der Waals surface area contributed by atoms with Gasteiger partial charge in [0.2, 0.25) is 0 Å². The van der Waals surface area contributed by atoms with Crippen LogP contribution in [-0.2, 0) is 9.47 Å². The van der Waals surface area contributed by atoms with E-state index in [1.807, 2.05) is 19.9 Å². The molecular weight excluding hydrogens is 361 g/mol. The van der Waals surface area contributed by atoms with Crippen LogP contribution in [0.15, 0.2) is 24.6 Å². The number of hydrogen-bond donors (Lipinski definition) is 1. The van der Waals surface area contributed by atoms with E-state index in [4.69, 9.17) is 9.47 Å². The van der Waals surface area contributed by atoms with Crippen LogP contribution in [0.25, 0.3) is 0 Å². The molecule has 7 heteroatoms. The fourth-order valence-corrected chi connectivity index (χ4v) is 3.19. The summed E-state index contributed by atoms with van der Waals surface area (Å²) in [6.07, 6.45) is 3.98. The second kappa shape index (κ2) is 13.7. The molecule has 2 unspecified atom stereocenters. The number of allylic oxidation sites excluding steroid dienone is 2. The molecule has 0 radical (unpaired) electrons. The topological polar surface area (TPSA) is 54.0 Å². The average Bonchev–Trinajstić information content (AvgIpc) is 2.64. The van der Waals surface area contributed by atoms with Crippen molar-refractivity contribution in [3.63, 3.8) is 0 Å². The van der Waals surface area contributed by atoms with Gasteiger partial charge in [0.05, 0.1) is 19.0 Å². The van der Waals surface area contributed by atoms with Crippen LogP contribution in [0.3, 0.4) is 0 Å². The molecular formula is C21H38FN3O3. The van der Waals surface area contributed by atoms with Gasteiger partial charge in [-0.25, -0.2) is 9.18 Å². The van der Waals surface area contributed by atoms with E-state index in [2.05, 4.69) is 28.6 Å². The van der Waals surface area contributed by atoms with Crippen LogP contribution in [0.1, 0.15) is 34.1 Å². The molecule has 1 amide bonds. The molecule has 0 spiro atoms. The molecule has 1 fully saturated rings. The Morgan fingerprint density at radius 2 is 2.04 bits per heavy atom. The molecule has 1 heterocycles. The third-order valence-corrected chi connectivity index (χ3v) is 4.92.